The van der Waals surface area contributed by atoms with Crippen molar-refractivity contribution in [2.45, 2.75) is 10.3 Å². The Hall–Kier alpha value is 1.40. The number of thioether (sulfide) groups is 2. The minimum absolute atomic E-state index is 0.701. The topological polar surface area (TPSA) is 0 Å². The average molecular weight is 184 g/mol. The van der Waals surface area contributed by atoms with Crippen molar-refractivity contribution in [1.29, 1.82) is 0 Å². The van der Waals surface area contributed by atoms with Crippen LogP contribution in [0.15, 0.2) is 0 Å². The molecule has 0 aromatic heterocycles. The van der Waals surface area contributed by atoms with Crippen molar-refractivity contribution in [1.82, 2.24) is 0 Å². The first-order chi connectivity index (χ1) is 3.93. The molecule has 1 aliphatic heterocycles. The molecule has 0 amide bonds. The lowest BCUT2D eigenvalue weighted by atomic mass is 10.6. The Morgan fingerprint density at radius 3 is 2.38 bits per heavy atom. The summed E-state index contributed by atoms with van der Waals surface area (Å²) in [6, 6.07) is 0. The van der Waals surface area contributed by atoms with Gasteiger partial charge in [0.15, 0.2) is 0 Å². The first kappa shape index (κ1) is 7.51. The second-order valence-electron chi connectivity index (χ2n) is 1.49. The molecule has 0 aromatic rings. The van der Waals surface area contributed by atoms with E-state index in [-0.39, 0.29) is 0 Å². The molecule has 1 fully saturated rings. The van der Waals surface area contributed by atoms with E-state index in [1.165, 1.54) is 17.9 Å². The van der Waals surface area contributed by atoms with Gasteiger partial charge in [0.25, 0.3) is 0 Å². The third-order valence-corrected chi connectivity index (χ3v) is 6.35. The third-order valence-electron chi connectivity index (χ3n) is 0.883. The molecule has 0 bridgehead atoms. The minimum Gasteiger partial charge on any atom is -0.136 e. The van der Waals surface area contributed by atoms with Gasteiger partial charge >= 0.3 is 0 Å². The fourth-order valence-electron chi connectivity index (χ4n) is 0.527. The predicted molar refractivity (Wildman–Crippen MR) is 49.9 cm³/mol. The van der Waals surface area contributed by atoms with Crippen LogP contribution in [-0.2, 0) is 0 Å². The van der Waals surface area contributed by atoms with E-state index in [4.69, 9.17) is 0 Å². The van der Waals surface area contributed by atoms with Crippen molar-refractivity contribution >= 4 is 46.0 Å². The zero-order chi connectivity index (χ0) is 5.82. The highest BCUT2D eigenvalue weighted by Crippen LogP contribution is 2.39. The van der Waals surface area contributed by atoms with Crippen molar-refractivity contribution in [3.8, 4) is 0 Å². The van der Waals surface area contributed by atoms with Gasteiger partial charge in [-0.1, -0.05) is 10.8 Å². The van der Waals surface area contributed by atoms with Crippen LogP contribution in [0.1, 0.15) is 6.42 Å². The van der Waals surface area contributed by atoms with E-state index < -0.39 is 0 Å². The van der Waals surface area contributed by atoms with Gasteiger partial charge in [-0.15, -0.1) is 35.2 Å². The highest BCUT2D eigenvalue weighted by Gasteiger charge is 2.11. The van der Waals surface area contributed by atoms with E-state index in [1.807, 2.05) is 23.5 Å². The van der Waals surface area contributed by atoms with Crippen LogP contribution >= 0.6 is 46.0 Å². The molecule has 0 nitrogen and oxygen atoms in total. The lowest BCUT2D eigenvalue weighted by Gasteiger charge is -2.16. The summed E-state index contributed by atoms with van der Waals surface area (Å²) in [5, 5.41) is 0. The van der Waals surface area contributed by atoms with Crippen LogP contribution in [0.3, 0.4) is 0 Å². The maximum absolute atomic E-state index is 4.14. The number of hydrogen-bond acceptors (Lipinski definition) is 4. The molecule has 0 unspecified atom stereocenters. The molecule has 0 radical (unpaired) electrons. The molecule has 48 valence electrons. The Bertz CT molecular complexity index is 59.1. The summed E-state index contributed by atoms with van der Waals surface area (Å²) in [5.74, 6) is 2.65. The smallest absolute Gasteiger partial charge is 0.106 e. The molecule has 0 N–H and O–H groups in total. The summed E-state index contributed by atoms with van der Waals surface area (Å²) < 4.78 is 0.701. The third kappa shape index (κ3) is 2.33. The second kappa shape index (κ2) is 4.25. The van der Waals surface area contributed by atoms with E-state index in [9.17, 15) is 0 Å². The largest absolute Gasteiger partial charge is 0.136 e. The lowest BCUT2D eigenvalue weighted by Crippen LogP contribution is -2.00. The van der Waals surface area contributed by atoms with Crippen molar-refractivity contribution in [2.75, 3.05) is 11.5 Å². The average Bonchev–Trinajstić information content (AvgIpc) is 1.90. The van der Waals surface area contributed by atoms with Crippen LogP contribution in [-0.4, -0.2) is 15.4 Å². The molecule has 1 heterocycles. The molecule has 1 rings (SSSR count). The van der Waals surface area contributed by atoms with Crippen LogP contribution in [0.5, 0.6) is 0 Å². The van der Waals surface area contributed by atoms with Crippen LogP contribution in [0, 0.1) is 0 Å². The molecule has 1 saturated heterocycles. The van der Waals surface area contributed by atoms with Gasteiger partial charge in [0.2, 0.25) is 0 Å². The second-order valence-corrected chi connectivity index (χ2v) is 6.13. The summed E-state index contributed by atoms with van der Waals surface area (Å²) in [6.45, 7) is 0. The highest BCUT2D eigenvalue weighted by atomic mass is 33.1. The van der Waals surface area contributed by atoms with Crippen molar-refractivity contribution in [3.63, 3.8) is 0 Å². The number of rotatable bonds is 1. The fourth-order valence-corrected chi connectivity index (χ4v) is 4.84. The quantitative estimate of drug-likeness (QED) is 0.492. The van der Waals surface area contributed by atoms with Gasteiger partial charge < -0.3 is 0 Å². The van der Waals surface area contributed by atoms with Gasteiger partial charge in [0.05, 0.1) is 0 Å². The Balaban J connectivity index is 2.13. The minimum atomic E-state index is 0.701. The molecule has 0 aromatic carbocycles. The van der Waals surface area contributed by atoms with Crippen LogP contribution in [0.2, 0.25) is 0 Å². The molecule has 0 spiro atoms. The number of thiol groups is 1. The molecule has 0 aliphatic carbocycles. The highest BCUT2D eigenvalue weighted by molar-refractivity contribution is 8.73. The number of hydrogen-bond donors (Lipinski definition) is 1. The summed E-state index contributed by atoms with van der Waals surface area (Å²) in [5.41, 5.74) is 0. The van der Waals surface area contributed by atoms with Gasteiger partial charge in [-0.05, 0) is 17.9 Å². The zero-order valence-corrected chi connectivity index (χ0v) is 7.71. The monoisotopic (exact) mass is 184 g/mol. The molecule has 1 aliphatic rings. The van der Waals surface area contributed by atoms with Gasteiger partial charge in [-0.3, -0.25) is 0 Å². The van der Waals surface area contributed by atoms with E-state index in [2.05, 4.69) is 11.7 Å². The maximum Gasteiger partial charge on any atom is 0.106 e. The van der Waals surface area contributed by atoms with Gasteiger partial charge in [-0.2, -0.15) is 0 Å². The Morgan fingerprint density at radius 2 is 2.00 bits per heavy atom. The summed E-state index contributed by atoms with van der Waals surface area (Å²) in [6.07, 6.45) is 1.38. The van der Waals surface area contributed by atoms with E-state index >= 15 is 0 Å². The van der Waals surface area contributed by atoms with Crippen LogP contribution in [0.4, 0.5) is 0 Å². The normalized spacial score (nSPS) is 23.6. The van der Waals surface area contributed by atoms with Crippen LogP contribution < -0.4 is 0 Å². The SMILES string of the molecule is SSC1SCCCS1. The van der Waals surface area contributed by atoms with E-state index in [1.54, 1.807) is 10.8 Å². The van der Waals surface area contributed by atoms with Gasteiger partial charge in [-0.25, -0.2) is 0 Å². The van der Waals surface area contributed by atoms with Crippen molar-refractivity contribution in [2.24, 2.45) is 0 Å². The fraction of sp³-hybridized carbons (Fsp3) is 1.00. The van der Waals surface area contributed by atoms with Gasteiger partial charge in [0.1, 0.15) is 3.91 Å². The maximum atomic E-state index is 4.14. The summed E-state index contributed by atoms with van der Waals surface area (Å²) >= 11 is 8.16. The van der Waals surface area contributed by atoms with E-state index in [0.717, 1.165) is 0 Å². The Morgan fingerprint density at radius 1 is 1.38 bits per heavy atom. The molecule has 0 saturated carbocycles. The lowest BCUT2D eigenvalue weighted by molar-refractivity contribution is 1.12. The van der Waals surface area contributed by atoms with Crippen molar-refractivity contribution < 1.29 is 0 Å². The molecular formula is C4H8S4. The molecule has 4 heteroatoms. The molecular weight excluding hydrogens is 176 g/mol. The first-order valence-electron chi connectivity index (χ1n) is 2.47. The summed E-state index contributed by atoms with van der Waals surface area (Å²) in [7, 11) is 1.67. The first-order valence-corrected chi connectivity index (χ1v) is 6.50. The molecule has 8 heavy (non-hydrogen) atoms. The Labute approximate surface area is 67.8 Å². The summed E-state index contributed by atoms with van der Waals surface area (Å²) in [4.78, 5) is 0. The van der Waals surface area contributed by atoms with Crippen molar-refractivity contribution in [3.05, 3.63) is 0 Å². The Kier molecular flexibility index (Phi) is 3.99. The standard InChI is InChI=1S/C4H8S4/c5-8-4-6-2-1-3-7-4/h4-5H,1-3H2. The molecule has 0 atom stereocenters. The predicted octanol–water partition coefficient (Wildman–Crippen LogP) is 2.72. The zero-order valence-electron chi connectivity index (χ0n) is 4.37. The van der Waals surface area contributed by atoms with Crippen LogP contribution in [0.25, 0.3) is 0 Å². The van der Waals surface area contributed by atoms with Gasteiger partial charge in [0, 0.05) is 0 Å². The van der Waals surface area contributed by atoms with E-state index in [0.29, 0.717) is 3.91 Å².